The highest BCUT2D eigenvalue weighted by molar-refractivity contribution is 5.95. The number of hydrogen-bond acceptors (Lipinski definition) is 4. The molecule has 2 amide bonds. The summed E-state index contributed by atoms with van der Waals surface area (Å²) in [5.41, 5.74) is 0.622. The second kappa shape index (κ2) is 9.41. The minimum absolute atomic E-state index is 0.0270. The van der Waals surface area contributed by atoms with Crippen molar-refractivity contribution >= 4 is 23.2 Å². The minimum atomic E-state index is -0.737. The molecule has 1 saturated carbocycles. The van der Waals surface area contributed by atoms with Crippen molar-refractivity contribution < 1.29 is 9.59 Å². The van der Waals surface area contributed by atoms with Gasteiger partial charge in [0.05, 0.1) is 24.0 Å². The topological polar surface area (TPSA) is 94.0 Å². The largest absolute Gasteiger partial charge is 0.374 e. The Morgan fingerprint density at radius 3 is 2.54 bits per heavy atom. The quantitative estimate of drug-likeness (QED) is 0.628. The molecule has 3 N–H and O–H groups in total. The molecule has 1 aromatic rings. The molecule has 0 bridgehead atoms. The highest BCUT2D eigenvalue weighted by Gasteiger charge is 2.33. The van der Waals surface area contributed by atoms with Gasteiger partial charge in [-0.1, -0.05) is 43.5 Å². The van der Waals surface area contributed by atoms with Gasteiger partial charge < -0.3 is 16.0 Å². The number of amides is 2. The van der Waals surface area contributed by atoms with E-state index in [1.165, 1.54) is 0 Å². The highest BCUT2D eigenvalue weighted by Crippen LogP contribution is 2.28. The Morgan fingerprint density at radius 2 is 1.86 bits per heavy atom. The number of para-hydroxylation sites is 2. The third-order valence-corrected chi connectivity index (χ3v) is 5.50. The van der Waals surface area contributed by atoms with Crippen LogP contribution in [-0.4, -0.2) is 23.9 Å². The smallest absolute Gasteiger partial charge is 0.240 e. The van der Waals surface area contributed by atoms with E-state index in [0.29, 0.717) is 36.6 Å². The van der Waals surface area contributed by atoms with Crippen molar-refractivity contribution in [1.82, 2.24) is 5.32 Å². The fraction of sp³-hybridized carbons (Fsp3) is 0.500. The van der Waals surface area contributed by atoms with Gasteiger partial charge >= 0.3 is 0 Å². The molecule has 2 aliphatic rings. The lowest BCUT2D eigenvalue weighted by Gasteiger charge is -2.31. The van der Waals surface area contributed by atoms with Crippen molar-refractivity contribution in [2.75, 3.05) is 17.2 Å². The van der Waals surface area contributed by atoms with E-state index >= 15 is 0 Å². The molecule has 0 radical (unpaired) electrons. The van der Waals surface area contributed by atoms with Crippen LogP contribution in [0, 0.1) is 17.2 Å². The van der Waals surface area contributed by atoms with Gasteiger partial charge in [0.15, 0.2) is 0 Å². The van der Waals surface area contributed by atoms with Crippen molar-refractivity contribution in [3.8, 4) is 6.07 Å². The predicted molar refractivity (Wildman–Crippen MR) is 110 cm³/mol. The standard InChI is InChI=1S/C22H28N4O2/c23-16-22(12-6-1-7-13-22)26-21(28)15-24-18-10-4-5-11-19(18)25-20(27)14-17-8-2-3-9-17/h2,4-5,8,10-11,17,24H,1,3,6-7,9,12-15H2,(H,25,27)(H,26,28). The van der Waals surface area contributed by atoms with E-state index in [0.717, 1.165) is 32.1 Å². The second-order valence-electron chi connectivity index (χ2n) is 7.72. The average molecular weight is 380 g/mol. The lowest BCUT2D eigenvalue weighted by atomic mass is 9.83. The third-order valence-electron chi connectivity index (χ3n) is 5.50. The van der Waals surface area contributed by atoms with Crippen LogP contribution in [0.2, 0.25) is 0 Å². The zero-order valence-electron chi connectivity index (χ0n) is 16.2. The fourth-order valence-corrected chi connectivity index (χ4v) is 3.96. The second-order valence-corrected chi connectivity index (χ2v) is 7.72. The summed E-state index contributed by atoms with van der Waals surface area (Å²) >= 11 is 0. The van der Waals surface area contributed by atoms with Gasteiger partial charge in [-0.15, -0.1) is 0 Å². The Bertz CT molecular complexity index is 775. The molecule has 0 aliphatic heterocycles. The number of carbonyl (C=O) groups excluding carboxylic acids is 2. The Labute approximate surface area is 166 Å². The van der Waals surface area contributed by atoms with Crippen molar-refractivity contribution in [1.29, 1.82) is 5.26 Å². The number of allylic oxidation sites excluding steroid dienone is 2. The van der Waals surface area contributed by atoms with E-state index < -0.39 is 5.54 Å². The summed E-state index contributed by atoms with van der Waals surface area (Å²) in [4.78, 5) is 24.7. The number of benzene rings is 1. The summed E-state index contributed by atoms with van der Waals surface area (Å²) in [5, 5.41) is 18.4. The normalized spacial score (nSPS) is 20.2. The maximum Gasteiger partial charge on any atom is 0.240 e. The maximum absolute atomic E-state index is 12.4. The van der Waals surface area contributed by atoms with Crippen LogP contribution in [-0.2, 0) is 9.59 Å². The van der Waals surface area contributed by atoms with E-state index in [9.17, 15) is 14.9 Å². The summed E-state index contributed by atoms with van der Waals surface area (Å²) in [6.45, 7) is 0.0572. The number of nitrogens with zero attached hydrogens (tertiary/aromatic N) is 1. The molecular weight excluding hydrogens is 352 g/mol. The molecule has 1 atom stereocenters. The molecule has 6 heteroatoms. The Balaban J connectivity index is 1.54. The zero-order chi connectivity index (χ0) is 19.8. The molecule has 3 rings (SSSR count). The van der Waals surface area contributed by atoms with Gasteiger partial charge in [0.2, 0.25) is 11.8 Å². The van der Waals surface area contributed by atoms with Crippen LogP contribution in [0.5, 0.6) is 0 Å². The van der Waals surface area contributed by atoms with Crippen LogP contribution in [0.4, 0.5) is 11.4 Å². The van der Waals surface area contributed by atoms with E-state index in [-0.39, 0.29) is 18.4 Å². The predicted octanol–water partition coefficient (Wildman–Crippen LogP) is 3.74. The summed E-state index contributed by atoms with van der Waals surface area (Å²) in [5.74, 6) is 0.0742. The zero-order valence-corrected chi connectivity index (χ0v) is 16.2. The van der Waals surface area contributed by atoms with Crippen LogP contribution in [0.25, 0.3) is 0 Å². The Morgan fingerprint density at radius 1 is 1.11 bits per heavy atom. The number of hydrogen-bond donors (Lipinski definition) is 3. The molecule has 148 valence electrons. The lowest BCUT2D eigenvalue weighted by molar-refractivity contribution is -0.121. The van der Waals surface area contributed by atoms with Crippen molar-refractivity contribution in [2.24, 2.45) is 5.92 Å². The molecule has 1 aromatic carbocycles. The summed E-state index contributed by atoms with van der Waals surface area (Å²) < 4.78 is 0. The maximum atomic E-state index is 12.4. The number of rotatable bonds is 7. The van der Waals surface area contributed by atoms with Crippen LogP contribution < -0.4 is 16.0 Å². The molecular formula is C22H28N4O2. The average Bonchev–Trinajstić information content (AvgIpc) is 3.21. The van der Waals surface area contributed by atoms with Gasteiger partial charge in [0.25, 0.3) is 0 Å². The number of nitrogens with one attached hydrogen (secondary N) is 3. The Kier molecular flexibility index (Phi) is 6.70. The SMILES string of the molecule is N#CC1(NC(=O)CNc2ccccc2NC(=O)CC2C=CCC2)CCCCC1. The molecule has 0 heterocycles. The van der Waals surface area contributed by atoms with E-state index in [2.05, 4.69) is 34.2 Å². The highest BCUT2D eigenvalue weighted by atomic mass is 16.2. The van der Waals surface area contributed by atoms with E-state index in [1.807, 2.05) is 24.3 Å². The van der Waals surface area contributed by atoms with Crippen LogP contribution >= 0.6 is 0 Å². The molecule has 6 nitrogen and oxygen atoms in total. The molecule has 1 unspecified atom stereocenters. The summed E-state index contributed by atoms with van der Waals surface area (Å²) in [6, 6.07) is 9.65. The van der Waals surface area contributed by atoms with E-state index in [4.69, 9.17) is 0 Å². The molecule has 28 heavy (non-hydrogen) atoms. The number of carbonyl (C=O) groups is 2. The monoisotopic (exact) mass is 380 g/mol. The van der Waals surface area contributed by atoms with Crippen molar-refractivity contribution in [3.63, 3.8) is 0 Å². The molecule has 1 fully saturated rings. The van der Waals surface area contributed by atoms with Gasteiger partial charge in [-0.2, -0.15) is 5.26 Å². The lowest BCUT2D eigenvalue weighted by Crippen LogP contribution is -2.50. The fourth-order valence-electron chi connectivity index (χ4n) is 3.96. The summed E-state index contributed by atoms with van der Waals surface area (Å²) in [6.07, 6.45) is 11.2. The van der Waals surface area contributed by atoms with Crippen LogP contribution in [0.1, 0.15) is 51.4 Å². The van der Waals surface area contributed by atoms with Gasteiger partial charge in [-0.25, -0.2) is 0 Å². The van der Waals surface area contributed by atoms with Crippen molar-refractivity contribution in [3.05, 3.63) is 36.4 Å². The van der Waals surface area contributed by atoms with Gasteiger partial charge in [-0.3, -0.25) is 9.59 Å². The van der Waals surface area contributed by atoms with Crippen LogP contribution in [0.3, 0.4) is 0 Å². The first-order valence-corrected chi connectivity index (χ1v) is 10.1. The third kappa shape index (κ3) is 5.35. The van der Waals surface area contributed by atoms with Gasteiger partial charge in [-0.05, 0) is 43.7 Å². The van der Waals surface area contributed by atoms with Crippen LogP contribution in [0.15, 0.2) is 36.4 Å². The number of anilines is 2. The minimum Gasteiger partial charge on any atom is -0.374 e. The molecule has 0 aromatic heterocycles. The van der Waals surface area contributed by atoms with E-state index in [1.54, 1.807) is 0 Å². The molecule has 0 saturated heterocycles. The van der Waals surface area contributed by atoms with Gasteiger partial charge in [0.1, 0.15) is 5.54 Å². The Hall–Kier alpha value is -2.81. The first kappa shape index (κ1) is 19.9. The molecule has 0 spiro atoms. The first-order chi connectivity index (χ1) is 13.6. The summed E-state index contributed by atoms with van der Waals surface area (Å²) in [7, 11) is 0. The van der Waals surface area contributed by atoms with Crippen molar-refractivity contribution in [2.45, 2.75) is 56.9 Å². The number of nitriles is 1. The van der Waals surface area contributed by atoms with Gasteiger partial charge in [0, 0.05) is 6.42 Å². The first-order valence-electron chi connectivity index (χ1n) is 10.1. The molecule has 2 aliphatic carbocycles.